The lowest BCUT2D eigenvalue weighted by Gasteiger charge is -2.00. The van der Waals surface area contributed by atoms with E-state index in [-0.39, 0.29) is 5.91 Å². The number of carbonyl (C=O) groups excluding carboxylic acids is 1. The monoisotopic (exact) mass is 212 g/mol. The molecular weight excluding hydrogens is 200 g/mol. The fourth-order valence-electron chi connectivity index (χ4n) is 1.51. The molecule has 0 aliphatic rings. The first-order chi connectivity index (χ1) is 7.81. The van der Waals surface area contributed by atoms with Gasteiger partial charge in [0.1, 0.15) is 0 Å². The van der Waals surface area contributed by atoms with Crippen molar-refractivity contribution in [2.45, 2.75) is 0 Å². The Bertz CT molecular complexity index is 541. The Morgan fingerprint density at radius 1 is 1.31 bits per heavy atom. The van der Waals surface area contributed by atoms with Crippen LogP contribution in [-0.4, -0.2) is 17.9 Å². The summed E-state index contributed by atoms with van der Waals surface area (Å²) in [6, 6.07) is 9.79. The summed E-state index contributed by atoms with van der Waals surface area (Å²) in [6.45, 7) is 0. The summed E-state index contributed by atoms with van der Waals surface area (Å²) in [5, 5.41) is 3.61. The number of likely N-dealkylation sites (N-methyl/N-ethyl adjacent to an activating group) is 1. The third kappa shape index (κ3) is 2.08. The Morgan fingerprint density at radius 2 is 2.12 bits per heavy atom. The van der Waals surface area contributed by atoms with E-state index in [1.54, 1.807) is 19.3 Å². The topological polar surface area (TPSA) is 42.0 Å². The minimum atomic E-state index is -0.118. The molecule has 0 atom stereocenters. The van der Waals surface area contributed by atoms with E-state index in [0.717, 1.165) is 16.5 Å². The summed E-state index contributed by atoms with van der Waals surface area (Å²) in [7, 11) is 1.61. The molecule has 1 aromatic heterocycles. The highest BCUT2D eigenvalue weighted by atomic mass is 16.1. The number of hydrogen-bond donors (Lipinski definition) is 1. The van der Waals surface area contributed by atoms with Gasteiger partial charge in [-0.15, -0.1) is 0 Å². The molecule has 1 heterocycles. The Kier molecular flexibility index (Phi) is 2.96. The third-order valence-electron chi connectivity index (χ3n) is 2.32. The van der Waals surface area contributed by atoms with Gasteiger partial charge in [0.2, 0.25) is 5.91 Å². The van der Waals surface area contributed by atoms with Gasteiger partial charge in [-0.05, 0) is 12.1 Å². The molecule has 0 aliphatic carbocycles. The summed E-state index contributed by atoms with van der Waals surface area (Å²) in [4.78, 5) is 15.4. The number of fused-ring (bicyclic) bond motifs is 1. The van der Waals surface area contributed by atoms with E-state index in [9.17, 15) is 4.79 Å². The summed E-state index contributed by atoms with van der Waals surface area (Å²) >= 11 is 0. The summed E-state index contributed by atoms with van der Waals surface area (Å²) in [5.74, 6) is -0.118. The first kappa shape index (κ1) is 10.4. The standard InChI is InChI=1S/C13H12N2O/c1-14-12(16)8-7-11-5-2-4-10-6-3-9-15-13(10)11/h2-9H,1H3,(H,14,16)/b8-7+. The molecule has 80 valence electrons. The van der Waals surface area contributed by atoms with Crippen LogP contribution in [0.3, 0.4) is 0 Å². The van der Waals surface area contributed by atoms with Gasteiger partial charge in [-0.2, -0.15) is 0 Å². The number of nitrogens with one attached hydrogen (secondary N) is 1. The molecule has 1 amide bonds. The summed E-state index contributed by atoms with van der Waals surface area (Å²) < 4.78 is 0. The predicted molar refractivity (Wildman–Crippen MR) is 64.8 cm³/mol. The van der Waals surface area contributed by atoms with Crippen LogP contribution in [-0.2, 0) is 4.79 Å². The average molecular weight is 212 g/mol. The Balaban J connectivity index is 2.45. The largest absolute Gasteiger partial charge is 0.356 e. The number of rotatable bonds is 2. The van der Waals surface area contributed by atoms with E-state index in [4.69, 9.17) is 0 Å². The second-order valence-electron chi connectivity index (χ2n) is 3.37. The van der Waals surface area contributed by atoms with Crippen LogP contribution in [0.1, 0.15) is 5.56 Å². The van der Waals surface area contributed by atoms with Crippen molar-refractivity contribution in [1.82, 2.24) is 10.3 Å². The van der Waals surface area contributed by atoms with Gasteiger partial charge >= 0.3 is 0 Å². The van der Waals surface area contributed by atoms with Crippen molar-refractivity contribution in [1.29, 1.82) is 0 Å². The van der Waals surface area contributed by atoms with Crippen molar-refractivity contribution in [3.63, 3.8) is 0 Å². The Morgan fingerprint density at radius 3 is 2.94 bits per heavy atom. The van der Waals surface area contributed by atoms with Gasteiger partial charge in [0, 0.05) is 30.3 Å². The second-order valence-corrected chi connectivity index (χ2v) is 3.37. The first-order valence-corrected chi connectivity index (χ1v) is 5.05. The van der Waals surface area contributed by atoms with Gasteiger partial charge in [-0.25, -0.2) is 0 Å². The van der Waals surface area contributed by atoms with Gasteiger partial charge in [0.25, 0.3) is 0 Å². The third-order valence-corrected chi connectivity index (χ3v) is 2.32. The van der Waals surface area contributed by atoms with Gasteiger partial charge in [0.15, 0.2) is 0 Å². The van der Waals surface area contributed by atoms with E-state index in [1.807, 2.05) is 30.3 Å². The molecule has 0 fully saturated rings. The van der Waals surface area contributed by atoms with Crippen molar-refractivity contribution >= 4 is 22.9 Å². The number of hydrogen-bond acceptors (Lipinski definition) is 2. The highest BCUT2D eigenvalue weighted by molar-refractivity contribution is 5.95. The number of amides is 1. The normalized spacial score (nSPS) is 10.8. The van der Waals surface area contributed by atoms with Crippen LogP contribution in [0.2, 0.25) is 0 Å². The van der Waals surface area contributed by atoms with Gasteiger partial charge < -0.3 is 5.32 Å². The van der Waals surface area contributed by atoms with E-state index < -0.39 is 0 Å². The number of carbonyl (C=O) groups is 1. The molecule has 3 nitrogen and oxygen atoms in total. The van der Waals surface area contributed by atoms with Gasteiger partial charge in [0.05, 0.1) is 5.52 Å². The first-order valence-electron chi connectivity index (χ1n) is 5.05. The number of nitrogens with zero attached hydrogens (tertiary/aromatic N) is 1. The molecule has 0 spiro atoms. The molecule has 3 heteroatoms. The Hall–Kier alpha value is -2.16. The summed E-state index contributed by atoms with van der Waals surface area (Å²) in [6.07, 6.45) is 5.02. The maximum atomic E-state index is 11.1. The maximum Gasteiger partial charge on any atom is 0.243 e. The van der Waals surface area contributed by atoms with Crippen molar-refractivity contribution < 1.29 is 4.79 Å². The van der Waals surface area contributed by atoms with Crippen LogP contribution in [0.5, 0.6) is 0 Å². The zero-order chi connectivity index (χ0) is 11.4. The predicted octanol–water partition coefficient (Wildman–Crippen LogP) is 1.99. The van der Waals surface area contributed by atoms with Crippen molar-refractivity contribution in [3.05, 3.63) is 48.2 Å². The molecule has 1 aromatic carbocycles. The molecule has 2 aromatic rings. The van der Waals surface area contributed by atoms with Crippen LogP contribution in [0, 0.1) is 0 Å². The molecule has 0 bridgehead atoms. The molecule has 0 aliphatic heterocycles. The van der Waals surface area contributed by atoms with Gasteiger partial charge in [-0.1, -0.05) is 24.3 Å². The average Bonchev–Trinajstić information content (AvgIpc) is 2.35. The van der Waals surface area contributed by atoms with Crippen LogP contribution in [0.4, 0.5) is 0 Å². The zero-order valence-corrected chi connectivity index (χ0v) is 8.97. The molecule has 0 unspecified atom stereocenters. The van der Waals surface area contributed by atoms with E-state index in [2.05, 4.69) is 10.3 Å². The molecule has 0 radical (unpaired) electrons. The molecule has 0 saturated heterocycles. The van der Waals surface area contributed by atoms with Crippen molar-refractivity contribution in [3.8, 4) is 0 Å². The smallest absolute Gasteiger partial charge is 0.243 e. The number of aromatic nitrogens is 1. The Labute approximate surface area is 93.8 Å². The van der Waals surface area contributed by atoms with Crippen molar-refractivity contribution in [2.24, 2.45) is 0 Å². The minimum Gasteiger partial charge on any atom is -0.356 e. The van der Waals surface area contributed by atoms with Crippen LogP contribution in [0.25, 0.3) is 17.0 Å². The van der Waals surface area contributed by atoms with Crippen LogP contribution >= 0.6 is 0 Å². The minimum absolute atomic E-state index is 0.118. The van der Waals surface area contributed by atoms with Crippen molar-refractivity contribution in [2.75, 3.05) is 7.05 Å². The highest BCUT2D eigenvalue weighted by Crippen LogP contribution is 2.16. The number of benzene rings is 1. The maximum absolute atomic E-state index is 11.1. The quantitative estimate of drug-likeness (QED) is 0.773. The molecule has 16 heavy (non-hydrogen) atoms. The van der Waals surface area contributed by atoms with E-state index in [0.29, 0.717) is 0 Å². The van der Waals surface area contributed by atoms with E-state index in [1.165, 1.54) is 6.08 Å². The molecule has 2 rings (SSSR count). The molecular formula is C13H12N2O. The lowest BCUT2D eigenvalue weighted by atomic mass is 10.1. The SMILES string of the molecule is CNC(=O)/C=C/c1cccc2cccnc12. The van der Waals surface area contributed by atoms with E-state index >= 15 is 0 Å². The van der Waals surface area contributed by atoms with Crippen LogP contribution in [0.15, 0.2) is 42.6 Å². The lowest BCUT2D eigenvalue weighted by Crippen LogP contribution is -2.13. The second kappa shape index (κ2) is 4.57. The van der Waals surface area contributed by atoms with Crippen LogP contribution < -0.4 is 5.32 Å². The fraction of sp³-hybridized carbons (Fsp3) is 0.0769. The summed E-state index contributed by atoms with van der Waals surface area (Å²) in [5.41, 5.74) is 1.85. The number of para-hydroxylation sites is 1. The lowest BCUT2D eigenvalue weighted by molar-refractivity contribution is -0.115. The zero-order valence-electron chi connectivity index (χ0n) is 8.97. The highest BCUT2D eigenvalue weighted by Gasteiger charge is 1.98. The number of pyridine rings is 1. The van der Waals surface area contributed by atoms with Gasteiger partial charge in [-0.3, -0.25) is 9.78 Å². The molecule has 0 saturated carbocycles. The molecule has 1 N–H and O–H groups in total. The fourth-order valence-corrected chi connectivity index (χ4v) is 1.51.